The zero-order valence-electron chi connectivity index (χ0n) is 12.1. The standard InChI is InChI=1S/C15H16N2O4S/c1-10(16-8-11-6-15(17(18)19)22-9-11)12-2-3-13-14(7-12)21-5-4-20-13/h2-3,6-7,9-10,16H,4-5,8H2,1H3. The number of nitrogens with one attached hydrogen (secondary N) is 1. The van der Waals surface area contributed by atoms with Crippen molar-refractivity contribution < 1.29 is 14.4 Å². The summed E-state index contributed by atoms with van der Waals surface area (Å²) < 4.78 is 11.1. The van der Waals surface area contributed by atoms with Crippen LogP contribution in [0.2, 0.25) is 0 Å². The number of benzene rings is 1. The average Bonchev–Trinajstić information content (AvgIpc) is 3.01. The molecule has 1 atom stereocenters. The van der Waals surface area contributed by atoms with Crippen molar-refractivity contribution in [1.82, 2.24) is 5.32 Å². The van der Waals surface area contributed by atoms with Gasteiger partial charge >= 0.3 is 5.00 Å². The predicted octanol–water partition coefficient (Wildman–Crippen LogP) is 3.28. The van der Waals surface area contributed by atoms with Gasteiger partial charge in [0, 0.05) is 24.0 Å². The minimum Gasteiger partial charge on any atom is -0.486 e. The first-order chi connectivity index (χ1) is 10.6. The van der Waals surface area contributed by atoms with Crippen LogP contribution in [0.3, 0.4) is 0 Å². The molecule has 0 aliphatic carbocycles. The molecule has 1 aliphatic rings. The zero-order valence-corrected chi connectivity index (χ0v) is 12.9. The van der Waals surface area contributed by atoms with Gasteiger partial charge in [0.05, 0.1) is 4.92 Å². The molecule has 1 aromatic carbocycles. The van der Waals surface area contributed by atoms with Gasteiger partial charge in [-0.1, -0.05) is 17.4 Å². The number of rotatable bonds is 5. The molecule has 0 saturated heterocycles. The van der Waals surface area contributed by atoms with Gasteiger partial charge in [0.15, 0.2) is 11.5 Å². The maximum atomic E-state index is 10.7. The third-order valence-corrected chi connectivity index (χ3v) is 4.43. The maximum Gasteiger partial charge on any atom is 0.324 e. The monoisotopic (exact) mass is 320 g/mol. The minimum atomic E-state index is -0.363. The fourth-order valence-electron chi connectivity index (χ4n) is 2.27. The SMILES string of the molecule is CC(NCc1csc([N+](=O)[O-])c1)c1ccc2c(c1)OCCO2. The summed E-state index contributed by atoms with van der Waals surface area (Å²) in [6, 6.07) is 7.60. The lowest BCUT2D eigenvalue weighted by Crippen LogP contribution is -2.19. The molecule has 0 radical (unpaired) electrons. The van der Waals surface area contributed by atoms with Gasteiger partial charge in [0.1, 0.15) is 13.2 Å². The number of hydrogen-bond acceptors (Lipinski definition) is 6. The van der Waals surface area contributed by atoms with Crippen molar-refractivity contribution >= 4 is 16.3 Å². The van der Waals surface area contributed by atoms with E-state index in [9.17, 15) is 10.1 Å². The van der Waals surface area contributed by atoms with Crippen LogP contribution in [-0.2, 0) is 6.54 Å². The van der Waals surface area contributed by atoms with Crippen LogP contribution in [-0.4, -0.2) is 18.1 Å². The van der Waals surface area contributed by atoms with Crippen molar-refractivity contribution in [3.8, 4) is 11.5 Å². The molecule has 0 saturated carbocycles. The van der Waals surface area contributed by atoms with Gasteiger partial charge in [0.2, 0.25) is 0 Å². The summed E-state index contributed by atoms with van der Waals surface area (Å²) in [6.45, 7) is 3.78. The van der Waals surface area contributed by atoms with Crippen LogP contribution in [0, 0.1) is 10.1 Å². The van der Waals surface area contributed by atoms with E-state index in [4.69, 9.17) is 9.47 Å². The Morgan fingerprint density at radius 1 is 1.32 bits per heavy atom. The molecule has 0 amide bonds. The van der Waals surface area contributed by atoms with Crippen molar-refractivity contribution in [2.45, 2.75) is 19.5 Å². The summed E-state index contributed by atoms with van der Waals surface area (Å²) in [5.41, 5.74) is 2.01. The second kappa shape index (κ2) is 6.33. The number of ether oxygens (including phenoxy) is 2. The second-order valence-electron chi connectivity index (χ2n) is 5.06. The average molecular weight is 320 g/mol. The van der Waals surface area contributed by atoms with Crippen LogP contribution in [0.15, 0.2) is 29.6 Å². The van der Waals surface area contributed by atoms with E-state index >= 15 is 0 Å². The van der Waals surface area contributed by atoms with Gasteiger partial charge < -0.3 is 14.8 Å². The summed E-state index contributed by atoms with van der Waals surface area (Å²) in [4.78, 5) is 10.3. The number of fused-ring (bicyclic) bond motifs is 1. The molecular weight excluding hydrogens is 304 g/mol. The first kappa shape index (κ1) is 14.8. The van der Waals surface area contributed by atoms with Crippen molar-refractivity contribution in [3.05, 3.63) is 50.9 Å². The first-order valence-electron chi connectivity index (χ1n) is 6.98. The molecule has 1 unspecified atom stereocenters. The molecule has 1 aliphatic heterocycles. The van der Waals surface area contributed by atoms with Crippen LogP contribution in [0.4, 0.5) is 5.00 Å². The molecule has 116 valence electrons. The largest absolute Gasteiger partial charge is 0.486 e. The first-order valence-corrected chi connectivity index (χ1v) is 7.86. The van der Waals surface area contributed by atoms with Crippen LogP contribution in [0.1, 0.15) is 24.1 Å². The summed E-state index contributed by atoms with van der Waals surface area (Å²) in [6.07, 6.45) is 0. The van der Waals surface area contributed by atoms with Crippen molar-refractivity contribution in [1.29, 1.82) is 0 Å². The van der Waals surface area contributed by atoms with E-state index in [2.05, 4.69) is 5.32 Å². The van der Waals surface area contributed by atoms with E-state index in [1.165, 1.54) is 0 Å². The molecule has 0 bridgehead atoms. The van der Waals surface area contributed by atoms with E-state index in [0.29, 0.717) is 19.8 Å². The smallest absolute Gasteiger partial charge is 0.324 e. The van der Waals surface area contributed by atoms with Gasteiger partial charge in [-0.05, 0) is 30.2 Å². The Morgan fingerprint density at radius 3 is 2.82 bits per heavy atom. The quantitative estimate of drug-likeness (QED) is 0.676. The summed E-state index contributed by atoms with van der Waals surface area (Å²) >= 11 is 1.15. The predicted molar refractivity (Wildman–Crippen MR) is 83.7 cm³/mol. The maximum absolute atomic E-state index is 10.7. The van der Waals surface area contributed by atoms with Gasteiger partial charge in [-0.25, -0.2) is 0 Å². The molecule has 22 heavy (non-hydrogen) atoms. The highest BCUT2D eigenvalue weighted by Gasteiger charge is 2.15. The van der Waals surface area contributed by atoms with Crippen LogP contribution in [0.5, 0.6) is 11.5 Å². The third-order valence-electron chi connectivity index (χ3n) is 3.50. The van der Waals surface area contributed by atoms with Crippen molar-refractivity contribution in [2.24, 2.45) is 0 Å². The molecule has 1 aromatic heterocycles. The van der Waals surface area contributed by atoms with Gasteiger partial charge in [0.25, 0.3) is 0 Å². The van der Waals surface area contributed by atoms with Crippen LogP contribution in [0.25, 0.3) is 0 Å². The summed E-state index contributed by atoms with van der Waals surface area (Å²) in [5, 5.41) is 16.0. The molecule has 0 fully saturated rings. The van der Waals surface area contributed by atoms with Gasteiger partial charge in [-0.2, -0.15) is 0 Å². The van der Waals surface area contributed by atoms with Crippen LogP contribution >= 0.6 is 11.3 Å². The van der Waals surface area contributed by atoms with E-state index in [1.54, 1.807) is 6.07 Å². The highest BCUT2D eigenvalue weighted by molar-refractivity contribution is 7.13. The Kier molecular flexibility index (Phi) is 4.26. The Bertz CT molecular complexity index is 686. The second-order valence-corrected chi connectivity index (χ2v) is 5.95. The van der Waals surface area contributed by atoms with Gasteiger partial charge in [-0.15, -0.1) is 0 Å². The van der Waals surface area contributed by atoms with E-state index in [1.807, 2.05) is 30.5 Å². The molecule has 0 spiro atoms. The number of nitro groups is 1. The number of thiophene rings is 1. The topological polar surface area (TPSA) is 73.6 Å². The molecule has 3 rings (SSSR count). The Hall–Kier alpha value is -2.12. The highest BCUT2D eigenvalue weighted by Crippen LogP contribution is 2.32. The zero-order chi connectivity index (χ0) is 15.5. The Labute approximate surface area is 131 Å². The van der Waals surface area contributed by atoms with E-state index < -0.39 is 0 Å². The van der Waals surface area contributed by atoms with Crippen molar-refractivity contribution in [2.75, 3.05) is 13.2 Å². The van der Waals surface area contributed by atoms with Gasteiger partial charge in [-0.3, -0.25) is 10.1 Å². The number of nitrogens with zero attached hydrogens (tertiary/aromatic N) is 1. The lowest BCUT2D eigenvalue weighted by molar-refractivity contribution is -0.380. The lowest BCUT2D eigenvalue weighted by Gasteiger charge is -2.21. The summed E-state index contributed by atoms with van der Waals surface area (Å²) in [5.74, 6) is 1.54. The highest BCUT2D eigenvalue weighted by atomic mass is 32.1. The fourth-order valence-corrected chi connectivity index (χ4v) is 3.00. The number of hydrogen-bond donors (Lipinski definition) is 1. The molecule has 6 nitrogen and oxygen atoms in total. The lowest BCUT2D eigenvalue weighted by atomic mass is 10.1. The molecule has 7 heteroatoms. The normalized spacial score (nSPS) is 14.6. The molecular formula is C15H16N2O4S. The molecule has 1 N–H and O–H groups in total. The minimum absolute atomic E-state index is 0.106. The third kappa shape index (κ3) is 3.20. The summed E-state index contributed by atoms with van der Waals surface area (Å²) in [7, 11) is 0. The van der Waals surface area contributed by atoms with E-state index in [-0.39, 0.29) is 16.0 Å². The molecule has 2 heterocycles. The molecule has 2 aromatic rings. The van der Waals surface area contributed by atoms with Crippen LogP contribution < -0.4 is 14.8 Å². The van der Waals surface area contributed by atoms with Crippen molar-refractivity contribution in [3.63, 3.8) is 0 Å². The van der Waals surface area contributed by atoms with E-state index in [0.717, 1.165) is 34.0 Å². The fraction of sp³-hybridized carbons (Fsp3) is 0.333. The Morgan fingerprint density at radius 2 is 2.09 bits per heavy atom. The Balaban J connectivity index is 1.63.